The number of primary amides is 1. The molecule has 2 fully saturated rings. The second kappa shape index (κ2) is 11.4. The van der Waals surface area contributed by atoms with Crippen LogP contribution in [0.4, 0.5) is 0 Å². The molecule has 1 aliphatic carbocycles. The van der Waals surface area contributed by atoms with E-state index in [1.807, 2.05) is 37.3 Å². The Morgan fingerprint density at radius 2 is 1.84 bits per heavy atom. The number of nitrogens with zero attached hydrogens (tertiary/aromatic N) is 1. The standard InChI is InChI=1S/C28H32Cl2N2O5/c1-2-22(15-37-16-28(10-11-28)27(31)36)32-25(17-6-8-20(29)9-7-17)23(18-4-3-5-21(30)12-18)13-19(26(32)35)14-24(33)34/h3-9,12,19,22-23,25H,2,10-11,13-16H2,1H3,(H2,31,36)(H,33,34). The SMILES string of the molecule is CCC(COCC1(C(N)=O)CC1)N1C(=O)C(CC(=O)O)CC(c2cccc(Cl)c2)C1c1ccc(Cl)cc1. The average molecular weight is 547 g/mol. The number of likely N-dealkylation sites (tertiary alicyclic amines) is 1. The summed E-state index contributed by atoms with van der Waals surface area (Å²) >= 11 is 12.5. The first-order chi connectivity index (χ1) is 17.6. The highest BCUT2D eigenvalue weighted by atomic mass is 35.5. The predicted octanol–water partition coefficient (Wildman–Crippen LogP) is 5.20. The van der Waals surface area contributed by atoms with Crippen LogP contribution in [0.25, 0.3) is 0 Å². The maximum Gasteiger partial charge on any atom is 0.304 e. The van der Waals surface area contributed by atoms with Crippen LogP contribution in [0.1, 0.15) is 62.1 Å². The molecule has 37 heavy (non-hydrogen) atoms. The van der Waals surface area contributed by atoms with Gasteiger partial charge in [-0.25, -0.2) is 0 Å². The molecule has 2 aromatic carbocycles. The van der Waals surface area contributed by atoms with Gasteiger partial charge in [-0.05, 0) is 61.1 Å². The van der Waals surface area contributed by atoms with Crippen molar-refractivity contribution < 1.29 is 24.2 Å². The van der Waals surface area contributed by atoms with Gasteiger partial charge in [0.15, 0.2) is 0 Å². The van der Waals surface area contributed by atoms with Gasteiger partial charge in [0.1, 0.15) is 0 Å². The molecule has 4 atom stereocenters. The van der Waals surface area contributed by atoms with Gasteiger partial charge < -0.3 is 20.5 Å². The molecule has 1 saturated heterocycles. The Labute approximate surface area is 226 Å². The largest absolute Gasteiger partial charge is 0.481 e. The van der Waals surface area contributed by atoms with Crippen LogP contribution in [-0.2, 0) is 19.1 Å². The van der Waals surface area contributed by atoms with Crippen LogP contribution >= 0.6 is 23.2 Å². The van der Waals surface area contributed by atoms with Gasteiger partial charge in [-0.3, -0.25) is 14.4 Å². The van der Waals surface area contributed by atoms with Crippen LogP contribution in [0.5, 0.6) is 0 Å². The molecule has 4 unspecified atom stereocenters. The fraction of sp³-hybridized carbons (Fsp3) is 0.464. The van der Waals surface area contributed by atoms with Gasteiger partial charge in [-0.2, -0.15) is 0 Å². The third-order valence-corrected chi connectivity index (χ3v) is 8.15. The maximum absolute atomic E-state index is 13.9. The number of halogens is 2. The summed E-state index contributed by atoms with van der Waals surface area (Å²) in [6.07, 6.45) is 2.10. The number of benzene rings is 2. The third-order valence-electron chi connectivity index (χ3n) is 7.66. The molecule has 2 aromatic rings. The minimum atomic E-state index is -1.02. The van der Waals surface area contributed by atoms with Gasteiger partial charge in [0.25, 0.3) is 0 Å². The van der Waals surface area contributed by atoms with E-state index in [4.69, 9.17) is 33.7 Å². The minimum Gasteiger partial charge on any atom is -0.481 e. The van der Waals surface area contributed by atoms with Gasteiger partial charge >= 0.3 is 5.97 Å². The number of hydrogen-bond acceptors (Lipinski definition) is 4. The number of amides is 2. The summed E-state index contributed by atoms with van der Waals surface area (Å²) in [5, 5.41) is 10.7. The number of carbonyl (C=O) groups excluding carboxylic acids is 2. The van der Waals surface area contributed by atoms with Gasteiger partial charge in [-0.15, -0.1) is 0 Å². The summed E-state index contributed by atoms with van der Waals surface area (Å²) < 4.78 is 6.00. The van der Waals surface area contributed by atoms with E-state index in [1.165, 1.54) is 0 Å². The van der Waals surface area contributed by atoms with Gasteiger partial charge in [0.05, 0.1) is 37.1 Å². The molecule has 1 aliphatic heterocycles. The lowest BCUT2D eigenvalue weighted by atomic mass is 9.74. The van der Waals surface area contributed by atoms with Crippen LogP contribution in [0.3, 0.4) is 0 Å². The third kappa shape index (κ3) is 6.11. The van der Waals surface area contributed by atoms with Crippen LogP contribution in [0.15, 0.2) is 48.5 Å². The van der Waals surface area contributed by atoms with E-state index in [1.54, 1.807) is 23.1 Å². The Hall–Kier alpha value is -2.61. The first-order valence-electron chi connectivity index (χ1n) is 12.6. The van der Waals surface area contributed by atoms with Crippen molar-refractivity contribution in [2.75, 3.05) is 13.2 Å². The van der Waals surface area contributed by atoms with E-state index in [-0.39, 0.29) is 49.5 Å². The first-order valence-corrected chi connectivity index (χ1v) is 13.3. The number of rotatable bonds is 11. The highest BCUT2D eigenvalue weighted by Gasteiger charge is 2.50. The van der Waals surface area contributed by atoms with E-state index in [2.05, 4.69) is 0 Å². The van der Waals surface area contributed by atoms with Crippen LogP contribution < -0.4 is 5.73 Å². The Bertz CT molecular complexity index is 1150. The predicted molar refractivity (Wildman–Crippen MR) is 141 cm³/mol. The van der Waals surface area contributed by atoms with Crippen molar-refractivity contribution >= 4 is 41.0 Å². The summed E-state index contributed by atoms with van der Waals surface area (Å²) in [4.78, 5) is 39.3. The molecule has 0 aromatic heterocycles. The van der Waals surface area contributed by atoms with Crippen molar-refractivity contribution in [1.29, 1.82) is 0 Å². The summed E-state index contributed by atoms with van der Waals surface area (Å²) in [6, 6.07) is 14.2. The monoisotopic (exact) mass is 546 g/mol. The molecule has 0 bridgehead atoms. The van der Waals surface area contributed by atoms with Crippen molar-refractivity contribution in [3.8, 4) is 0 Å². The Morgan fingerprint density at radius 1 is 1.14 bits per heavy atom. The summed E-state index contributed by atoms with van der Waals surface area (Å²) in [7, 11) is 0. The lowest BCUT2D eigenvalue weighted by Gasteiger charge is -2.48. The number of aliphatic carboxylic acids is 1. The molecule has 0 spiro atoms. The summed E-state index contributed by atoms with van der Waals surface area (Å²) in [5.74, 6) is -2.49. The van der Waals surface area contributed by atoms with E-state index in [9.17, 15) is 19.5 Å². The lowest BCUT2D eigenvalue weighted by molar-refractivity contribution is -0.154. The van der Waals surface area contributed by atoms with E-state index < -0.39 is 17.3 Å². The Balaban J connectivity index is 1.73. The van der Waals surface area contributed by atoms with Crippen LogP contribution in [0, 0.1) is 11.3 Å². The zero-order chi connectivity index (χ0) is 26.7. The zero-order valence-corrected chi connectivity index (χ0v) is 22.3. The molecule has 198 valence electrons. The number of hydrogen-bond donors (Lipinski definition) is 2. The molecule has 9 heteroatoms. The number of nitrogens with two attached hydrogens (primary N) is 1. The fourth-order valence-electron chi connectivity index (χ4n) is 5.37. The van der Waals surface area contributed by atoms with Crippen molar-refractivity contribution in [1.82, 2.24) is 4.90 Å². The van der Waals surface area contributed by atoms with Crippen molar-refractivity contribution in [2.45, 2.75) is 57.0 Å². The zero-order valence-electron chi connectivity index (χ0n) is 20.7. The van der Waals surface area contributed by atoms with E-state index in [0.717, 1.165) is 11.1 Å². The van der Waals surface area contributed by atoms with Gasteiger partial charge in [0, 0.05) is 21.9 Å². The molecule has 2 aliphatic rings. The minimum absolute atomic E-state index is 0.198. The molecule has 2 amide bonds. The lowest BCUT2D eigenvalue weighted by Crippen LogP contribution is -2.53. The van der Waals surface area contributed by atoms with Gasteiger partial charge in [-0.1, -0.05) is 54.4 Å². The van der Waals surface area contributed by atoms with Crippen molar-refractivity contribution in [3.05, 3.63) is 69.7 Å². The number of carbonyl (C=O) groups is 3. The molecule has 1 saturated carbocycles. The Morgan fingerprint density at radius 3 is 2.41 bits per heavy atom. The average Bonchev–Trinajstić information content (AvgIpc) is 3.65. The summed E-state index contributed by atoms with van der Waals surface area (Å²) in [5.41, 5.74) is 6.77. The molecule has 4 rings (SSSR count). The number of ether oxygens (including phenoxy) is 1. The topological polar surface area (TPSA) is 110 Å². The smallest absolute Gasteiger partial charge is 0.304 e. The quantitative estimate of drug-likeness (QED) is 0.402. The molecule has 7 nitrogen and oxygen atoms in total. The van der Waals surface area contributed by atoms with Crippen LogP contribution in [0.2, 0.25) is 10.0 Å². The second-order valence-electron chi connectivity index (χ2n) is 10.2. The fourth-order valence-corrected chi connectivity index (χ4v) is 5.70. The molecule has 1 heterocycles. The molecular weight excluding hydrogens is 515 g/mol. The number of carboxylic acids is 1. The highest BCUT2D eigenvalue weighted by Crippen LogP contribution is 2.48. The molecule has 3 N–H and O–H groups in total. The highest BCUT2D eigenvalue weighted by molar-refractivity contribution is 6.30. The number of piperidine rings is 1. The summed E-state index contributed by atoms with van der Waals surface area (Å²) in [6.45, 7) is 2.39. The molecule has 0 radical (unpaired) electrons. The normalized spacial score (nSPS) is 23.5. The maximum atomic E-state index is 13.9. The Kier molecular flexibility index (Phi) is 8.46. The van der Waals surface area contributed by atoms with Gasteiger partial charge in [0.2, 0.25) is 11.8 Å². The number of carboxylic acid groups (broad SMARTS) is 1. The first kappa shape index (κ1) is 27.4. The van der Waals surface area contributed by atoms with E-state index in [0.29, 0.717) is 35.7 Å². The second-order valence-corrected chi connectivity index (χ2v) is 11.0. The van der Waals surface area contributed by atoms with E-state index >= 15 is 0 Å². The van der Waals surface area contributed by atoms with Crippen molar-refractivity contribution in [2.24, 2.45) is 17.1 Å². The van der Waals surface area contributed by atoms with Crippen LogP contribution in [-0.4, -0.2) is 47.0 Å². The van der Waals surface area contributed by atoms with Crippen molar-refractivity contribution in [3.63, 3.8) is 0 Å². The molecular formula is C28H32Cl2N2O5.